The van der Waals surface area contributed by atoms with Gasteiger partial charge in [0.1, 0.15) is 6.17 Å². The van der Waals surface area contributed by atoms with Crippen LogP contribution in [-0.4, -0.2) is 23.9 Å². The Morgan fingerprint density at radius 1 is 1.39 bits per heavy atom. The quantitative estimate of drug-likeness (QED) is 0.885. The van der Waals surface area contributed by atoms with Crippen LogP contribution in [-0.2, 0) is 4.79 Å². The summed E-state index contributed by atoms with van der Waals surface area (Å²) in [7, 11) is 0. The molecule has 1 aliphatic rings. The highest BCUT2D eigenvalue weighted by Gasteiger charge is 2.31. The minimum atomic E-state index is 0.0482. The summed E-state index contributed by atoms with van der Waals surface area (Å²) in [6.07, 6.45) is 1.15. The second-order valence-corrected chi connectivity index (χ2v) is 5.25. The van der Waals surface area contributed by atoms with E-state index in [1.54, 1.807) is 0 Å². The Morgan fingerprint density at radius 2 is 2.06 bits per heavy atom. The zero-order valence-corrected chi connectivity index (χ0v) is 11.4. The summed E-state index contributed by atoms with van der Waals surface area (Å²) >= 11 is 0. The van der Waals surface area contributed by atoms with Crippen LogP contribution in [0.4, 0.5) is 0 Å². The third-order valence-electron chi connectivity index (χ3n) is 3.68. The van der Waals surface area contributed by atoms with Crippen LogP contribution in [0, 0.1) is 12.8 Å². The Kier molecular flexibility index (Phi) is 4.02. The summed E-state index contributed by atoms with van der Waals surface area (Å²) in [5.41, 5.74) is 2.42. The molecule has 2 unspecified atom stereocenters. The molecule has 1 heterocycles. The van der Waals surface area contributed by atoms with Crippen molar-refractivity contribution in [1.29, 1.82) is 0 Å². The van der Waals surface area contributed by atoms with E-state index in [2.05, 4.69) is 50.4 Å². The lowest BCUT2D eigenvalue weighted by molar-refractivity contribution is -0.128. The molecule has 2 rings (SSSR count). The first-order valence-corrected chi connectivity index (χ1v) is 6.71. The SMILES string of the molecule is CCC(C)CN1C(=O)CNC1c1ccc(C)cc1. The zero-order chi connectivity index (χ0) is 13.1. The maximum atomic E-state index is 11.9. The number of hydrogen-bond acceptors (Lipinski definition) is 2. The molecule has 1 amide bonds. The van der Waals surface area contributed by atoms with Gasteiger partial charge >= 0.3 is 0 Å². The molecule has 3 heteroatoms. The number of carbonyl (C=O) groups excluding carboxylic acids is 1. The summed E-state index contributed by atoms with van der Waals surface area (Å²) in [6, 6.07) is 8.41. The molecule has 98 valence electrons. The van der Waals surface area contributed by atoms with Gasteiger partial charge in [0.2, 0.25) is 5.91 Å². The molecule has 1 aliphatic heterocycles. The van der Waals surface area contributed by atoms with E-state index in [-0.39, 0.29) is 12.1 Å². The summed E-state index contributed by atoms with van der Waals surface area (Å²) in [5.74, 6) is 0.752. The van der Waals surface area contributed by atoms with Crippen molar-refractivity contribution in [3.05, 3.63) is 35.4 Å². The largest absolute Gasteiger partial charge is 0.322 e. The van der Waals surface area contributed by atoms with Crippen LogP contribution < -0.4 is 5.32 Å². The van der Waals surface area contributed by atoms with Gasteiger partial charge in [-0.1, -0.05) is 50.1 Å². The maximum absolute atomic E-state index is 11.9. The Hall–Kier alpha value is -1.35. The van der Waals surface area contributed by atoms with Crippen molar-refractivity contribution in [2.75, 3.05) is 13.1 Å². The summed E-state index contributed by atoms with van der Waals surface area (Å²) in [4.78, 5) is 13.9. The molecule has 1 aromatic carbocycles. The number of rotatable bonds is 4. The molecule has 1 saturated heterocycles. The molecular weight excluding hydrogens is 224 g/mol. The number of nitrogens with zero attached hydrogens (tertiary/aromatic N) is 1. The number of benzene rings is 1. The molecule has 1 fully saturated rings. The molecule has 0 radical (unpaired) electrons. The van der Waals surface area contributed by atoms with E-state index >= 15 is 0 Å². The van der Waals surface area contributed by atoms with E-state index in [1.165, 1.54) is 11.1 Å². The van der Waals surface area contributed by atoms with Crippen molar-refractivity contribution in [3.63, 3.8) is 0 Å². The first kappa shape index (κ1) is 13.1. The highest BCUT2D eigenvalue weighted by atomic mass is 16.2. The van der Waals surface area contributed by atoms with Gasteiger partial charge in [-0.2, -0.15) is 0 Å². The fourth-order valence-electron chi connectivity index (χ4n) is 2.26. The van der Waals surface area contributed by atoms with Gasteiger partial charge in [-0.25, -0.2) is 0 Å². The fourth-order valence-corrected chi connectivity index (χ4v) is 2.26. The minimum absolute atomic E-state index is 0.0482. The van der Waals surface area contributed by atoms with Crippen LogP contribution in [0.2, 0.25) is 0 Å². The lowest BCUT2D eigenvalue weighted by Crippen LogP contribution is -2.33. The molecule has 0 bridgehead atoms. The second-order valence-electron chi connectivity index (χ2n) is 5.25. The van der Waals surface area contributed by atoms with E-state index in [9.17, 15) is 4.79 Å². The lowest BCUT2D eigenvalue weighted by atomic mass is 10.1. The van der Waals surface area contributed by atoms with E-state index in [1.807, 2.05) is 4.90 Å². The van der Waals surface area contributed by atoms with Crippen molar-refractivity contribution >= 4 is 5.91 Å². The van der Waals surface area contributed by atoms with Crippen LogP contribution in [0.3, 0.4) is 0 Å². The highest BCUT2D eigenvalue weighted by molar-refractivity contribution is 5.80. The molecule has 2 atom stereocenters. The van der Waals surface area contributed by atoms with E-state index in [0.717, 1.165) is 13.0 Å². The van der Waals surface area contributed by atoms with Crippen molar-refractivity contribution in [2.24, 2.45) is 5.92 Å². The summed E-state index contributed by atoms with van der Waals surface area (Å²) in [5, 5.41) is 3.30. The molecule has 0 aliphatic carbocycles. The predicted octanol–water partition coefficient (Wildman–Crippen LogP) is 2.47. The van der Waals surface area contributed by atoms with Gasteiger partial charge in [-0.3, -0.25) is 10.1 Å². The van der Waals surface area contributed by atoms with E-state index in [4.69, 9.17) is 0 Å². The minimum Gasteiger partial charge on any atom is -0.322 e. The number of carbonyl (C=O) groups is 1. The standard InChI is InChI=1S/C15H22N2O/c1-4-11(2)10-17-14(18)9-16-15(17)13-7-5-12(3)6-8-13/h5-8,11,15-16H,4,9-10H2,1-3H3. The molecule has 18 heavy (non-hydrogen) atoms. The number of amides is 1. The third-order valence-corrected chi connectivity index (χ3v) is 3.68. The van der Waals surface area contributed by atoms with Crippen LogP contribution in [0.1, 0.15) is 37.6 Å². The first-order valence-electron chi connectivity index (χ1n) is 6.71. The van der Waals surface area contributed by atoms with Gasteiger partial charge in [-0.15, -0.1) is 0 Å². The molecule has 0 aromatic heterocycles. The predicted molar refractivity (Wildman–Crippen MR) is 73.1 cm³/mol. The topological polar surface area (TPSA) is 32.3 Å². The third kappa shape index (κ3) is 2.72. The summed E-state index contributed by atoms with van der Waals surface area (Å²) < 4.78 is 0. The van der Waals surface area contributed by atoms with E-state index in [0.29, 0.717) is 12.5 Å². The van der Waals surface area contributed by atoms with Gasteiger partial charge in [0.05, 0.1) is 6.54 Å². The average molecular weight is 246 g/mol. The lowest BCUT2D eigenvalue weighted by Gasteiger charge is -2.27. The number of hydrogen-bond donors (Lipinski definition) is 1. The van der Waals surface area contributed by atoms with Gasteiger partial charge in [0.15, 0.2) is 0 Å². The van der Waals surface area contributed by atoms with Crippen LogP contribution in [0.15, 0.2) is 24.3 Å². The van der Waals surface area contributed by atoms with Crippen LogP contribution >= 0.6 is 0 Å². The Labute approximate surface area is 109 Å². The van der Waals surface area contributed by atoms with Crippen LogP contribution in [0.5, 0.6) is 0 Å². The highest BCUT2D eigenvalue weighted by Crippen LogP contribution is 2.24. The monoisotopic (exact) mass is 246 g/mol. The maximum Gasteiger partial charge on any atom is 0.238 e. The van der Waals surface area contributed by atoms with Crippen molar-refractivity contribution in [2.45, 2.75) is 33.4 Å². The normalized spacial score (nSPS) is 21.4. The number of aryl methyl sites for hydroxylation is 1. The van der Waals surface area contributed by atoms with E-state index < -0.39 is 0 Å². The van der Waals surface area contributed by atoms with Gasteiger partial charge in [0, 0.05) is 6.54 Å². The first-order chi connectivity index (χ1) is 8.61. The molecule has 1 aromatic rings. The smallest absolute Gasteiger partial charge is 0.238 e. The van der Waals surface area contributed by atoms with Crippen molar-refractivity contribution in [3.8, 4) is 0 Å². The van der Waals surface area contributed by atoms with Crippen molar-refractivity contribution in [1.82, 2.24) is 10.2 Å². The average Bonchev–Trinajstić information content (AvgIpc) is 2.72. The Bertz CT molecular complexity index is 413. The van der Waals surface area contributed by atoms with Crippen LogP contribution in [0.25, 0.3) is 0 Å². The molecule has 0 saturated carbocycles. The van der Waals surface area contributed by atoms with Gasteiger partial charge in [-0.05, 0) is 18.4 Å². The Morgan fingerprint density at radius 3 is 2.67 bits per heavy atom. The second kappa shape index (κ2) is 5.53. The number of nitrogens with one attached hydrogen (secondary N) is 1. The van der Waals surface area contributed by atoms with Gasteiger partial charge < -0.3 is 4.90 Å². The molecule has 3 nitrogen and oxygen atoms in total. The van der Waals surface area contributed by atoms with Gasteiger partial charge in [0.25, 0.3) is 0 Å². The fraction of sp³-hybridized carbons (Fsp3) is 0.533. The Balaban J connectivity index is 2.15. The summed E-state index contributed by atoms with van der Waals surface area (Å²) in [6.45, 7) is 7.72. The molecular formula is C15H22N2O. The molecule has 1 N–H and O–H groups in total. The molecule has 0 spiro atoms. The zero-order valence-electron chi connectivity index (χ0n) is 11.4. The van der Waals surface area contributed by atoms with Crippen molar-refractivity contribution < 1.29 is 4.79 Å².